The van der Waals surface area contributed by atoms with Gasteiger partial charge in [-0.25, -0.2) is 4.98 Å². The van der Waals surface area contributed by atoms with Crippen molar-refractivity contribution in [3.63, 3.8) is 0 Å². The third-order valence-corrected chi connectivity index (χ3v) is 1.85. The van der Waals surface area contributed by atoms with Gasteiger partial charge in [0.05, 0.1) is 18.4 Å². The van der Waals surface area contributed by atoms with Gasteiger partial charge in [0, 0.05) is 12.7 Å². The van der Waals surface area contributed by atoms with E-state index in [2.05, 4.69) is 4.98 Å². The maximum absolute atomic E-state index is 12.0. The number of hydrogen-bond acceptors (Lipinski definition) is 1. The first kappa shape index (κ1) is 10.1. The minimum Gasteiger partial charge on any atom is -0.337 e. The van der Waals surface area contributed by atoms with Gasteiger partial charge in [-0.3, -0.25) is 0 Å². The molecule has 74 valence electrons. The van der Waals surface area contributed by atoms with Gasteiger partial charge < -0.3 is 4.57 Å². The maximum atomic E-state index is 12.0. The standard InChI is InChI=1S/C8H11F3N2/c1-3-7-6(4-8(9,10)11)12-5-13(7)2/h5H,3-4H2,1-2H3. The van der Waals surface area contributed by atoms with E-state index in [1.807, 2.05) is 6.92 Å². The number of imidazole rings is 1. The van der Waals surface area contributed by atoms with Crippen LogP contribution in [0.15, 0.2) is 6.33 Å². The zero-order valence-electron chi connectivity index (χ0n) is 7.52. The number of halogens is 3. The van der Waals surface area contributed by atoms with Gasteiger partial charge in [0.25, 0.3) is 0 Å². The van der Waals surface area contributed by atoms with Crippen molar-refractivity contribution in [1.82, 2.24) is 9.55 Å². The molecule has 0 unspecified atom stereocenters. The second kappa shape index (κ2) is 3.40. The number of hydrogen-bond donors (Lipinski definition) is 0. The Balaban J connectivity index is 2.89. The topological polar surface area (TPSA) is 17.8 Å². The fourth-order valence-corrected chi connectivity index (χ4v) is 1.30. The van der Waals surface area contributed by atoms with E-state index < -0.39 is 12.6 Å². The zero-order valence-corrected chi connectivity index (χ0v) is 7.52. The molecule has 0 saturated carbocycles. The Bertz CT molecular complexity index is 288. The smallest absolute Gasteiger partial charge is 0.337 e. The molecule has 0 fully saturated rings. The van der Waals surface area contributed by atoms with Crippen molar-refractivity contribution in [2.45, 2.75) is 25.9 Å². The van der Waals surface area contributed by atoms with E-state index in [0.717, 1.165) is 0 Å². The van der Waals surface area contributed by atoms with Crippen LogP contribution in [0.1, 0.15) is 18.3 Å². The van der Waals surface area contributed by atoms with Crippen LogP contribution in [-0.4, -0.2) is 15.7 Å². The van der Waals surface area contributed by atoms with Crippen molar-refractivity contribution in [3.05, 3.63) is 17.7 Å². The molecule has 0 aliphatic heterocycles. The Morgan fingerprint density at radius 1 is 1.46 bits per heavy atom. The molecule has 1 aromatic heterocycles. The highest BCUT2D eigenvalue weighted by molar-refractivity contribution is 5.13. The van der Waals surface area contributed by atoms with Crippen molar-refractivity contribution in [2.24, 2.45) is 7.05 Å². The van der Waals surface area contributed by atoms with E-state index in [4.69, 9.17) is 0 Å². The van der Waals surface area contributed by atoms with Gasteiger partial charge in [0.1, 0.15) is 0 Å². The molecular formula is C8H11F3N2. The Morgan fingerprint density at radius 3 is 2.54 bits per heavy atom. The van der Waals surface area contributed by atoms with Gasteiger partial charge in [0.15, 0.2) is 0 Å². The first-order valence-electron chi connectivity index (χ1n) is 4.00. The molecule has 0 atom stereocenters. The summed E-state index contributed by atoms with van der Waals surface area (Å²) in [6.07, 6.45) is -3.11. The molecule has 5 heteroatoms. The predicted molar refractivity (Wildman–Crippen MR) is 42.3 cm³/mol. The maximum Gasteiger partial charge on any atom is 0.394 e. The Hall–Kier alpha value is -1.00. The van der Waals surface area contributed by atoms with Crippen molar-refractivity contribution in [1.29, 1.82) is 0 Å². The SMILES string of the molecule is CCc1c(CC(F)(F)F)ncn1C. The van der Waals surface area contributed by atoms with Gasteiger partial charge in [-0.2, -0.15) is 13.2 Å². The van der Waals surface area contributed by atoms with Crippen LogP contribution in [0, 0.1) is 0 Å². The molecule has 0 aliphatic rings. The molecule has 1 rings (SSSR count). The lowest BCUT2D eigenvalue weighted by molar-refractivity contribution is -0.127. The lowest BCUT2D eigenvalue weighted by atomic mass is 10.2. The molecule has 2 nitrogen and oxygen atoms in total. The van der Waals surface area contributed by atoms with Crippen LogP contribution in [0.5, 0.6) is 0 Å². The first-order chi connectivity index (χ1) is 5.94. The largest absolute Gasteiger partial charge is 0.394 e. The van der Waals surface area contributed by atoms with E-state index >= 15 is 0 Å². The highest BCUT2D eigenvalue weighted by Crippen LogP contribution is 2.22. The molecule has 0 amide bonds. The predicted octanol–water partition coefficient (Wildman–Crippen LogP) is 2.09. The monoisotopic (exact) mass is 192 g/mol. The molecule has 0 radical (unpaired) electrons. The summed E-state index contributed by atoms with van der Waals surface area (Å²) in [5.74, 6) is 0. The average molecular weight is 192 g/mol. The summed E-state index contributed by atoms with van der Waals surface area (Å²) in [5, 5.41) is 0. The van der Waals surface area contributed by atoms with Crippen LogP contribution < -0.4 is 0 Å². The average Bonchev–Trinajstić information content (AvgIpc) is 2.28. The summed E-state index contributed by atoms with van der Waals surface area (Å²) in [7, 11) is 1.70. The van der Waals surface area contributed by atoms with E-state index in [1.165, 1.54) is 6.33 Å². The molecule has 13 heavy (non-hydrogen) atoms. The fourth-order valence-electron chi connectivity index (χ4n) is 1.30. The van der Waals surface area contributed by atoms with E-state index in [-0.39, 0.29) is 5.69 Å². The minimum atomic E-state index is -4.17. The van der Waals surface area contributed by atoms with Gasteiger partial charge in [-0.05, 0) is 6.42 Å². The second-order valence-corrected chi connectivity index (χ2v) is 2.89. The summed E-state index contributed by atoms with van der Waals surface area (Å²) in [5.41, 5.74) is 0.787. The molecule has 0 saturated heterocycles. The highest BCUT2D eigenvalue weighted by Gasteiger charge is 2.30. The van der Waals surface area contributed by atoms with Gasteiger partial charge in [-0.15, -0.1) is 0 Å². The number of aromatic nitrogens is 2. The molecule has 0 bridgehead atoms. The first-order valence-corrected chi connectivity index (χ1v) is 4.00. The minimum absolute atomic E-state index is 0.137. The molecule has 1 heterocycles. The van der Waals surface area contributed by atoms with Crippen LogP contribution in [0.4, 0.5) is 13.2 Å². The van der Waals surface area contributed by atoms with E-state index in [1.54, 1.807) is 11.6 Å². The lowest BCUT2D eigenvalue weighted by Gasteiger charge is -2.06. The van der Waals surface area contributed by atoms with Crippen LogP contribution >= 0.6 is 0 Å². The normalized spacial score (nSPS) is 12.1. The molecule has 0 aromatic carbocycles. The van der Waals surface area contributed by atoms with Crippen LogP contribution in [0.3, 0.4) is 0 Å². The molecule has 0 N–H and O–H groups in total. The zero-order chi connectivity index (χ0) is 10.1. The van der Waals surface area contributed by atoms with E-state index in [0.29, 0.717) is 12.1 Å². The van der Waals surface area contributed by atoms with Crippen LogP contribution in [0.25, 0.3) is 0 Å². The summed E-state index contributed by atoms with van der Waals surface area (Å²) in [4.78, 5) is 3.71. The Kier molecular flexibility index (Phi) is 2.63. The van der Waals surface area contributed by atoms with Crippen molar-refractivity contribution >= 4 is 0 Å². The fraction of sp³-hybridized carbons (Fsp3) is 0.625. The Labute approximate surface area is 74.4 Å². The quantitative estimate of drug-likeness (QED) is 0.701. The van der Waals surface area contributed by atoms with Gasteiger partial charge in [0.2, 0.25) is 0 Å². The lowest BCUT2D eigenvalue weighted by Crippen LogP contribution is -2.13. The molecule has 0 aliphatic carbocycles. The van der Waals surface area contributed by atoms with Crippen molar-refractivity contribution in [3.8, 4) is 0 Å². The van der Waals surface area contributed by atoms with Gasteiger partial charge in [-0.1, -0.05) is 6.92 Å². The highest BCUT2D eigenvalue weighted by atomic mass is 19.4. The molecule has 1 aromatic rings. The number of alkyl halides is 3. The summed E-state index contributed by atoms with van der Waals surface area (Å²) >= 11 is 0. The number of rotatable bonds is 2. The summed E-state index contributed by atoms with van der Waals surface area (Å²) < 4.78 is 37.7. The van der Waals surface area contributed by atoms with Crippen LogP contribution in [-0.2, 0) is 19.9 Å². The van der Waals surface area contributed by atoms with E-state index in [9.17, 15) is 13.2 Å². The molecular weight excluding hydrogens is 181 g/mol. The third kappa shape index (κ3) is 2.47. The summed E-state index contributed by atoms with van der Waals surface area (Å²) in [6.45, 7) is 1.82. The van der Waals surface area contributed by atoms with Crippen molar-refractivity contribution in [2.75, 3.05) is 0 Å². The van der Waals surface area contributed by atoms with Crippen LogP contribution in [0.2, 0.25) is 0 Å². The second-order valence-electron chi connectivity index (χ2n) is 2.89. The van der Waals surface area contributed by atoms with Crippen molar-refractivity contribution < 1.29 is 13.2 Å². The number of nitrogens with zero attached hydrogens (tertiary/aromatic N) is 2. The molecule has 0 spiro atoms. The third-order valence-electron chi connectivity index (χ3n) is 1.85. The van der Waals surface area contributed by atoms with Gasteiger partial charge >= 0.3 is 6.18 Å². The summed E-state index contributed by atoms with van der Waals surface area (Å²) in [6, 6.07) is 0. The Morgan fingerprint density at radius 2 is 2.08 bits per heavy atom. The number of aryl methyl sites for hydroxylation is 1.